The second-order valence-corrected chi connectivity index (χ2v) is 6.57. The Morgan fingerprint density at radius 1 is 1.29 bits per heavy atom. The Balaban J connectivity index is 1.99. The third-order valence-electron chi connectivity index (χ3n) is 3.60. The highest BCUT2D eigenvalue weighted by Gasteiger charge is 2.12. The van der Waals surface area contributed by atoms with E-state index in [4.69, 9.17) is 0 Å². The number of aryl methyl sites for hydroxylation is 2. The number of rotatable bonds is 8. The molecule has 3 heteroatoms. The second-order valence-electron chi connectivity index (χ2n) is 5.54. The molecule has 21 heavy (non-hydrogen) atoms. The molecule has 0 fully saturated rings. The smallest absolute Gasteiger partial charge is 0.123 e. The van der Waals surface area contributed by atoms with E-state index in [1.54, 1.807) is 12.1 Å². The molecule has 1 nitrogen and oxygen atoms in total. The average molecular weight is 305 g/mol. The van der Waals surface area contributed by atoms with Gasteiger partial charge in [-0.2, -0.15) is 0 Å². The molecule has 1 N–H and O–H groups in total. The predicted octanol–water partition coefficient (Wildman–Crippen LogP) is 5.26. The van der Waals surface area contributed by atoms with Crippen molar-refractivity contribution >= 4 is 11.3 Å². The number of hydrogen-bond acceptors (Lipinski definition) is 2. The summed E-state index contributed by atoms with van der Waals surface area (Å²) in [6.45, 7) is 5.08. The van der Waals surface area contributed by atoms with E-state index in [0.29, 0.717) is 0 Å². The number of nitrogens with one attached hydrogen (secondary N) is 1. The maximum Gasteiger partial charge on any atom is 0.123 e. The molecule has 0 amide bonds. The van der Waals surface area contributed by atoms with Crippen LogP contribution in [0.3, 0.4) is 0 Å². The topological polar surface area (TPSA) is 12.0 Å². The highest BCUT2D eigenvalue weighted by atomic mass is 32.1. The Hall–Kier alpha value is -1.19. The molecule has 0 spiro atoms. The SMILES string of the molecule is CCCNC(CCCc1cccs1)c1cc(C)cc(F)c1. The molecule has 0 aliphatic rings. The van der Waals surface area contributed by atoms with Gasteiger partial charge in [0.2, 0.25) is 0 Å². The first kappa shape index (κ1) is 16.2. The molecule has 0 radical (unpaired) electrons. The molecular formula is C18H24FNS. The Morgan fingerprint density at radius 3 is 2.81 bits per heavy atom. The zero-order valence-corrected chi connectivity index (χ0v) is 13.7. The van der Waals surface area contributed by atoms with Crippen molar-refractivity contribution in [3.05, 3.63) is 57.5 Å². The number of benzene rings is 1. The van der Waals surface area contributed by atoms with Crippen molar-refractivity contribution in [3.63, 3.8) is 0 Å². The van der Waals surface area contributed by atoms with Gasteiger partial charge in [0.15, 0.2) is 0 Å². The van der Waals surface area contributed by atoms with Crippen molar-refractivity contribution in [2.75, 3.05) is 6.54 Å². The minimum absolute atomic E-state index is 0.133. The fourth-order valence-corrected chi connectivity index (χ4v) is 3.36. The van der Waals surface area contributed by atoms with Crippen molar-refractivity contribution in [1.82, 2.24) is 5.32 Å². The van der Waals surface area contributed by atoms with Gasteiger partial charge in [0.25, 0.3) is 0 Å². The molecule has 0 saturated carbocycles. The van der Waals surface area contributed by atoms with E-state index in [9.17, 15) is 4.39 Å². The number of hydrogen-bond donors (Lipinski definition) is 1. The van der Waals surface area contributed by atoms with Gasteiger partial charge in [0.05, 0.1) is 0 Å². The van der Waals surface area contributed by atoms with Gasteiger partial charge in [-0.3, -0.25) is 0 Å². The van der Waals surface area contributed by atoms with E-state index in [1.165, 1.54) is 4.88 Å². The summed E-state index contributed by atoms with van der Waals surface area (Å²) in [7, 11) is 0. The molecule has 1 heterocycles. The monoisotopic (exact) mass is 305 g/mol. The standard InChI is InChI=1S/C18H24FNS/c1-3-9-20-18(8-4-6-17-7-5-10-21-17)15-11-14(2)12-16(19)13-15/h5,7,10-13,18,20H,3-4,6,8-9H2,1-2H3. The van der Waals surface area contributed by atoms with Crippen LogP contribution >= 0.6 is 11.3 Å². The van der Waals surface area contributed by atoms with E-state index < -0.39 is 0 Å². The summed E-state index contributed by atoms with van der Waals surface area (Å²) in [6.07, 6.45) is 4.37. The van der Waals surface area contributed by atoms with E-state index in [-0.39, 0.29) is 11.9 Å². The van der Waals surface area contributed by atoms with Crippen LogP contribution in [0.1, 0.15) is 48.2 Å². The molecule has 0 saturated heterocycles. The summed E-state index contributed by atoms with van der Waals surface area (Å²) >= 11 is 1.81. The molecule has 1 aromatic carbocycles. The molecule has 2 aromatic rings. The molecule has 1 aromatic heterocycles. The summed E-state index contributed by atoms with van der Waals surface area (Å²) < 4.78 is 13.6. The van der Waals surface area contributed by atoms with Crippen molar-refractivity contribution < 1.29 is 4.39 Å². The summed E-state index contributed by atoms with van der Waals surface area (Å²) in [5.74, 6) is -0.133. The normalized spacial score (nSPS) is 12.5. The van der Waals surface area contributed by atoms with Crippen LogP contribution in [0.2, 0.25) is 0 Å². The molecule has 0 aliphatic carbocycles. The van der Waals surface area contributed by atoms with Gasteiger partial charge in [0, 0.05) is 10.9 Å². The van der Waals surface area contributed by atoms with Crippen molar-refractivity contribution in [3.8, 4) is 0 Å². The predicted molar refractivity (Wildman–Crippen MR) is 89.4 cm³/mol. The van der Waals surface area contributed by atoms with Crippen molar-refractivity contribution in [2.24, 2.45) is 0 Å². The summed E-state index contributed by atoms with van der Waals surface area (Å²) in [4.78, 5) is 1.43. The van der Waals surface area contributed by atoms with E-state index >= 15 is 0 Å². The van der Waals surface area contributed by atoms with Crippen LogP contribution in [0.25, 0.3) is 0 Å². The minimum Gasteiger partial charge on any atom is -0.310 e. The Bertz CT molecular complexity index is 516. The Morgan fingerprint density at radius 2 is 2.14 bits per heavy atom. The third kappa shape index (κ3) is 5.25. The molecular weight excluding hydrogens is 281 g/mol. The quantitative estimate of drug-likeness (QED) is 0.701. The summed E-state index contributed by atoms with van der Waals surface area (Å²) in [6, 6.07) is 9.90. The minimum atomic E-state index is -0.133. The largest absolute Gasteiger partial charge is 0.310 e. The lowest BCUT2D eigenvalue weighted by Gasteiger charge is -2.19. The summed E-state index contributed by atoms with van der Waals surface area (Å²) in [5, 5.41) is 5.68. The zero-order chi connectivity index (χ0) is 15.1. The van der Waals surface area contributed by atoms with Gasteiger partial charge < -0.3 is 5.32 Å². The van der Waals surface area contributed by atoms with Crippen LogP contribution in [0.5, 0.6) is 0 Å². The second kappa shape index (κ2) is 8.30. The highest BCUT2D eigenvalue weighted by Crippen LogP contribution is 2.23. The number of thiophene rings is 1. The van der Waals surface area contributed by atoms with Crippen molar-refractivity contribution in [1.29, 1.82) is 0 Å². The average Bonchev–Trinajstić information content (AvgIpc) is 2.94. The van der Waals surface area contributed by atoms with Crippen LogP contribution in [0.4, 0.5) is 4.39 Å². The van der Waals surface area contributed by atoms with Gasteiger partial charge in [-0.1, -0.05) is 19.1 Å². The van der Waals surface area contributed by atoms with Crippen LogP contribution in [-0.2, 0) is 6.42 Å². The lowest BCUT2D eigenvalue weighted by molar-refractivity contribution is 0.481. The molecule has 1 unspecified atom stereocenters. The molecule has 0 aliphatic heterocycles. The summed E-state index contributed by atoms with van der Waals surface area (Å²) in [5.41, 5.74) is 2.07. The third-order valence-corrected chi connectivity index (χ3v) is 4.54. The molecule has 1 atom stereocenters. The Labute approximate surface area is 131 Å². The highest BCUT2D eigenvalue weighted by molar-refractivity contribution is 7.09. The fraction of sp³-hybridized carbons (Fsp3) is 0.444. The fourth-order valence-electron chi connectivity index (χ4n) is 2.61. The van der Waals surface area contributed by atoms with Crippen LogP contribution in [-0.4, -0.2) is 6.54 Å². The van der Waals surface area contributed by atoms with Crippen LogP contribution in [0, 0.1) is 12.7 Å². The van der Waals surface area contributed by atoms with E-state index in [1.807, 2.05) is 18.3 Å². The van der Waals surface area contributed by atoms with E-state index in [2.05, 4.69) is 35.8 Å². The lowest BCUT2D eigenvalue weighted by Crippen LogP contribution is -2.22. The first-order valence-electron chi connectivity index (χ1n) is 7.72. The van der Waals surface area contributed by atoms with Crippen LogP contribution < -0.4 is 5.32 Å². The number of halogens is 1. The van der Waals surface area contributed by atoms with Crippen LogP contribution in [0.15, 0.2) is 35.7 Å². The van der Waals surface area contributed by atoms with Gasteiger partial charge in [-0.05, 0) is 73.9 Å². The van der Waals surface area contributed by atoms with Gasteiger partial charge in [-0.15, -0.1) is 11.3 Å². The van der Waals surface area contributed by atoms with E-state index in [0.717, 1.165) is 43.4 Å². The maximum atomic E-state index is 13.6. The first-order valence-corrected chi connectivity index (χ1v) is 8.60. The van der Waals surface area contributed by atoms with Gasteiger partial charge in [0.1, 0.15) is 5.82 Å². The zero-order valence-electron chi connectivity index (χ0n) is 12.9. The molecule has 114 valence electrons. The molecule has 2 rings (SSSR count). The molecule has 0 bridgehead atoms. The Kier molecular flexibility index (Phi) is 6.40. The van der Waals surface area contributed by atoms with Gasteiger partial charge >= 0.3 is 0 Å². The van der Waals surface area contributed by atoms with Crippen molar-refractivity contribution in [2.45, 2.75) is 45.6 Å². The first-order chi connectivity index (χ1) is 10.2. The maximum absolute atomic E-state index is 13.6. The van der Waals surface area contributed by atoms with Gasteiger partial charge in [-0.25, -0.2) is 4.39 Å². The lowest BCUT2D eigenvalue weighted by atomic mass is 9.98.